The number of carbonyl (C=O) groups is 1. The number of aromatic nitrogens is 5. The van der Waals surface area contributed by atoms with Crippen LogP contribution < -0.4 is 4.90 Å². The first-order valence-corrected chi connectivity index (χ1v) is 10.5. The van der Waals surface area contributed by atoms with Gasteiger partial charge in [0, 0.05) is 48.2 Å². The molecule has 0 fully saturated rings. The van der Waals surface area contributed by atoms with Crippen molar-refractivity contribution in [3.8, 4) is 11.3 Å². The van der Waals surface area contributed by atoms with Crippen molar-refractivity contribution in [3.63, 3.8) is 0 Å². The van der Waals surface area contributed by atoms with Gasteiger partial charge < -0.3 is 4.74 Å². The maximum atomic E-state index is 13.4. The van der Waals surface area contributed by atoms with Crippen LogP contribution in [0.4, 0.5) is 5.13 Å². The van der Waals surface area contributed by atoms with Crippen molar-refractivity contribution in [1.29, 1.82) is 0 Å². The third kappa shape index (κ3) is 3.16. The lowest BCUT2D eigenvalue weighted by Crippen LogP contribution is -2.33. The standard InChI is InChI=1S/C21H20N6O2S/c1-26-17-5-6-18-19(14(17)12-24-26)25-21(30-18)27(9-10-29-2)20(28)13-3-4-15-16(11-13)23-8-7-22-15/h3-4,7-8,11-12H,5-6,9-10H2,1-2H3. The van der Waals surface area contributed by atoms with Gasteiger partial charge in [-0.1, -0.05) is 0 Å². The van der Waals surface area contributed by atoms with Crippen LogP contribution in [0.25, 0.3) is 22.3 Å². The van der Waals surface area contributed by atoms with Crippen molar-refractivity contribution in [2.45, 2.75) is 12.8 Å². The minimum Gasteiger partial charge on any atom is -0.383 e. The highest BCUT2D eigenvalue weighted by atomic mass is 32.1. The Kier molecular flexibility index (Phi) is 4.76. The molecule has 0 saturated carbocycles. The molecule has 1 aliphatic rings. The molecule has 0 unspecified atom stereocenters. The van der Waals surface area contributed by atoms with Gasteiger partial charge in [-0.2, -0.15) is 5.10 Å². The van der Waals surface area contributed by atoms with E-state index in [1.54, 1.807) is 47.9 Å². The first kappa shape index (κ1) is 18.8. The summed E-state index contributed by atoms with van der Waals surface area (Å²) in [4.78, 5) is 29.8. The number of fused-ring (bicyclic) bond motifs is 4. The van der Waals surface area contributed by atoms with Crippen LogP contribution >= 0.6 is 11.3 Å². The molecule has 5 rings (SSSR count). The Morgan fingerprint density at radius 2 is 2.07 bits per heavy atom. The van der Waals surface area contributed by atoms with E-state index in [2.05, 4.69) is 15.1 Å². The third-order valence-electron chi connectivity index (χ3n) is 5.30. The van der Waals surface area contributed by atoms with Crippen LogP contribution in [0.2, 0.25) is 0 Å². The van der Waals surface area contributed by atoms with Gasteiger partial charge in [0.05, 0.1) is 36.1 Å². The van der Waals surface area contributed by atoms with Gasteiger partial charge in [-0.15, -0.1) is 11.3 Å². The van der Waals surface area contributed by atoms with E-state index < -0.39 is 0 Å². The van der Waals surface area contributed by atoms with E-state index in [1.807, 2.05) is 24.0 Å². The van der Waals surface area contributed by atoms with Gasteiger partial charge in [-0.3, -0.25) is 24.3 Å². The first-order valence-electron chi connectivity index (χ1n) is 9.68. The fourth-order valence-corrected chi connectivity index (χ4v) is 4.84. The molecule has 0 aliphatic heterocycles. The predicted molar refractivity (Wildman–Crippen MR) is 115 cm³/mol. The number of benzene rings is 1. The number of methoxy groups -OCH3 is 1. The van der Waals surface area contributed by atoms with Crippen LogP contribution in [0.3, 0.4) is 0 Å². The molecule has 8 nitrogen and oxygen atoms in total. The number of amides is 1. The van der Waals surface area contributed by atoms with E-state index in [-0.39, 0.29) is 5.91 Å². The molecule has 1 amide bonds. The summed E-state index contributed by atoms with van der Waals surface area (Å²) in [5.74, 6) is -0.128. The van der Waals surface area contributed by atoms with E-state index >= 15 is 0 Å². The number of thiazole rings is 1. The normalized spacial score (nSPS) is 12.6. The summed E-state index contributed by atoms with van der Waals surface area (Å²) in [6, 6.07) is 5.38. The molecule has 3 heterocycles. The van der Waals surface area contributed by atoms with Crippen LogP contribution in [-0.2, 0) is 24.6 Å². The SMILES string of the molecule is COCCN(C(=O)c1ccc2nccnc2c1)c1nc2c(s1)CCc1c-2cnn1C. The van der Waals surface area contributed by atoms with Crippen molar-refractivity contribution in [3.05, 3.63) is 52.9 Å². The summed E-state index contributed by atoms with van der Waals surface area (Å²) in [5, 5.41) is 5.06. The average Bonchev–Trinajstić information content (AvgIpc) is 3.37. The van der Waals surface area contributed by atoms with E-state index in [1.165, 1.54) is 10.6 Å². The molecular formula is C21H20N6O2S. The molecule has 0 N–H and O–H groups in total. The molecule has 0 atom stereocenters. The van der Waals surface area contributed by atoms with E-state index in [9.17, 15) is 4.79 Å². The Morgan fingerprint density at radius 3 is 2.90 bits per heavy atom. The summed E-state index contributed by atoms with van der Waals surface area (Å²) >= 11 is 1.57. The second kappa shape index (κ2) is 7.58. The monoisotopic (exact) mass is 420 g/mol. The van der Waals surface area contributed by atoms with Gasteiger partial charge in [0.25, 0.3) is 5.91 Å². The first-order chi connectivity index (χ1) is 14.7. The summed E-state index contributed by atoms with van der Waals surface area (Å²) in [5.41, 5.74) is 5.17. The van der Waals surface area contributed by atoms with Crippen molar-refractivity contribution >= 4 is 33.4 Å². The average molecular weight is 420 g/mol. The van der Waals surface area contributed by atoms with Gasteiger partial charge in [-0.25, -0.2) is 4.98 Å². The lowest BCUT2D eigenvalue weighted by atomic mass is 10.0. The molecule has 4 aromatic rings. The minimum atomic E-state index is -0.128. The highest BCUT2D eigenvalue weighted by molar-refractivity contribution is 7.16. The molecule has 152 valence electrons. The quantitative estimate of drug-likeness (QED) is 0.494. The zero-order valence-electron chi connectivity index (χ0n) is 16.7. The Hall–Kier alpha value is -3.17. The molecule has 0 saturated heterocycles. The number of hydrogen-bond donors (Lipinski definition) is 0. The van der Waals surface area contributed by atoms with Gasteiger partial charge >= 0.3 is 0 Å². The van der Waals surface area contributed by atoms with Gasteiger partial charge in [-0.05, 0) is 31.0 Å². The van der Waals surface area contributed by atoms with E-state index in [0.29, 0.717) is 29.4 Å². The number of anilines is 1. The molecule has 9 heteroatoms. The van der Waals surface area contributed by atoms with Crippen LogP contribution in [-0.4, -0.2) is 50.9 Å². The van der Waals surface area contributed by atoms with Crippen LogP contribution in [0, 0.1) is 0 Å². The van der Waals surface area contributed by atoms with Crippen molar-refractivity contribution in [2.24, 2.45) is 7.05 Å². The second-order valence-corrected chi connectivity index (χ2v) is 8.17. The zero-order chi connectivity index (χ0) is 20.7. The zero-order valence-corrected chi connectivity index (χ0v) is 17.5. The Morgan fingerprint density at radius 1 is 1.23 bits per heavy atom. The smallest absolute Gasteiger partial charge is 0.260 e. The topological polar surface area (TPSA) is 86.0 Å². The molecular weight excluding hydrogens is 400 g/mol. The van der Waals surface area contributed by atoms with Gasteiger partial charge in [0.1, 0.15) is 0 Å². The Bertz CT molecular complexity index is 1250. The molecule has 3 aromatic heterocycles. The maximum Gasteiger partial charge on any atom is 0.260 e. The van der Waals surface area contributed by atoms with Crippen LogP contribution in [0.5, 0.6) is 0 Å². The molecule has 30 heavy (non-hydrogen) atoms. The lowest BCUT2D eigenvalue weighted by Gasteiger charge is -2.19. The number of hydrogen-bond acceptors (Lipinski definition) is 7. The summed E-state index contributed by atoms with van der Waals surface area (Å²) in [7, 11) is 3.58. The number of ether oxygens (including phenoxy) is 1. The molecule has 1 aliphatic carbocycles. The largest absolute Gasteiger partial charge is 0.383 e. The van der Waals surface area contributed by atoms with Crippen LogP contribution in [0.1, 0.15) is 20.9 Å². The molecule has 0 spiro atoms. The van der Waals surface area contributed by atoms with Crippen LogP contribution in [0.15, 0.2) is 36.8 Å². The summed E-state index contributed by atoms with van der Waals surface area (Å²) < 4.78 is 7.16. The Labute approximate surface area is 177 Å². The fourth-order valence-electron chi connectivity index (χ4n) is 3.74. The summed E-state index contributed by atoms with van der Waals surface area (Å²) in [6.45, 7) is 0.835. The van der Waals surface area contributed by atoms with Gasteiger partial charge in [0.15, 0.2) is 5.13 Å². The van der Waals surface area contributed by atoms with E-state index in [0.717, 1.165) is 29.6 Å². The number of nitrogens with zero attached hydrogens (tertiary/aromatic N) is 6. The maximum absolute atomic E-state index is 13.4. The molecule has 1 aromatic carbocycles. The number of aryl methyl sites for hydroxylation is 2. The number of carbonyl (C=O) groups excluding carboxylic acids is 1. The van der Waals surface area contributed by atoms with Crippen molar-refractivity contribution in [1.82, 2.24) is 24.7 Å². The minimum absolute atomic E-state index is 0.128. The predicted octanol–water partition coefficient (Wildman–Crippen LogP) is 2.88. The molecule has 0 bridgehead atoms. The number of rotatable bonds is 5. The van der Waals surface area contributed by atoms with E-state index in [4.69, 9.17) is 9.72 Å². The molecule has 0 radical (unpaired) electrons. The second-order valence-electron chi connectivity index (χ2n) is 7.11. The lowest BCUT2D eigenvalue weighted by molar-refractivity contribution is 0.0976. The highest BCUT2D eigenvalue weighted by Gasteiger charge is 2.28. The van der Waals surface area contributed by atoms with Crippen molar-refractivity contribution in [2.75, 3.05) is 25.2 Å². The Balaban J connectivity index is 1.53. The fraction of sp³-hybridized carbons (Fsp3) is 0.286. The third-order valence-corrected chi connectivity index (χ3v) is 6.44. The highest BCUT2D eigenvalue weighted by Crippen LogP contribution is 2.39. The van der Waals surface area contributed by atoms with Gasteiger partial charge in [0.2, 0.25) is 0 Å². The summed E-state index contributed by atoms with van der Waals surface area (Å²) in [6.07, 6.45) is 6.95. The van der Waals surface area contributed by atoms with Crippen molar-refractivity contribution < 1.29 is 9.53 Å².